The standard InChI is InChI=1S/C25H24ClFN4O4S/c1-15(31(14-33)13-17-12-29-16(2)30-24(17)28)23(9-10-32)36-25(34)21-11-18(26)3-8-22(21)35-20-6-4-19(27)5-7-20/h3-8,11-12,14,32H,9-10,13H2,1-2H3,(H2,28,29,30). The van der Waals surface area contributed by atoms with Crippen LogP contribution in [0.4, 0.5) is 10.2 Å². The van der Waals surface area contributed by atoms with Crippen LogP contribution in [0.1, 0.15) is 35.1 Å². The lowest BCUT2D eigenvalue weighted by Crippen LogP contribution is -2.22. The van der Waals surface area contributed by atoms with Crippen molar-refractivity contribution in [3.8, 4) is 11.5 Å². The second-order valence-electron chi connectivity index (χ2n) is 7.63. The molecule has 0 aliphatic heterocycles. The second-order valence-corrected chi connectivity index (χ2v) is 9.13. The molecule has 0 atom stereocenters. The molecule has 0 fully saturated rings. The van der Waals surface area contributed by atoms with Crippen LogP contribution in [0.5, 0.6) is 11.5 Å². The number of aryl methyl sites for hydroxylation is 1. The van der Waals surface area contributed by atoms with Crippen molar-refractivity contribution >= 4 is 40.7 Å². The summed E-state index contributed by atoms with van der Waals surface area (Å²) in [4.78, 5) is 35.3. The topological polar surface area (TPSA) is 119 Å². The normalized spacial score (nSPS) is 11.6. The lowest BCUT2D eigenvalue weighted by atomic mass is 10.2. The van der Waals surface area contributed by atoms with Gasteiger partial charge in [0.1, 0.15) is 29.0 Å². The molecule has 1 amide bonds. The third-order valence-electron chi connectivity index (χ3n) is 5.08. The molecule has 1 heterocycles. The summed E-state index contributed by atoms with van der Waals surface area (Å²) < 4.78 is 19.0. The van der Waals surface area contributed by atoms with E-state index in [-0.39, 0.29) is 36.7 Å². The number of aromatic nitrogens is 2. The third-order valence-corrected chi connectivity index (χ3v) is 6.46. The Morgan fingerprint density at radius 1 is 1.28 bits per heavy atom. The van der Waals surface area contributed by atoms with Crippen molar-refractivity contribution in [3.05, 3.63) is 87.1 Å². The number of anilines is 1. The van der Waals surface area contributed by atoms with Gasteiger partial charge in [-0.25, -0.2) is 14.4 Å². The van der Waals surface area contributed by atoms with Gasteiger partial charge in [0.15, 0.2) is 0 Å². The minimum atomic E-state index is -0.418. The zero-order chi connectivity index (χ0) is 26.2. The van der Waals surface area contributed by atoms with Crippen LogP contribution in [-0.4, -0.2) is 38.1 Å². The lowest BCUT2D eigenvalue weighted by molar-refractivity contribution is -0.116. The van der Waals surface area contributed by atoms with Crippen molar-refractivity contribution in [3.63, 3.8) is 0 Å². The molecule has 36 heavy (non-hydrogen) atoms. The average molecular weight is 531 g/mol. The van der Waals surface area contributed by atoms with Crippen molar-refractivity contribution < 1.29 is 23.8 Å². The number of thioether (sulfide) groups is 1. The zero-order valence-electron chi connectivity index (χ0n) is 19.6. The number of hydrogen-bond donors (Lipinski definition) is 2. The Balaban J connectivity index is 1.89. The summed E-state index contributed by atoms with van der Waals surface area (Å²) in [5, 5.41) is 9.53. The van der Waals surface area contributed by atoms with Crippen LogP contribution in [0, 0.1) is 12.7 Å². The van der Waals surface area contributed by atoms with Crippen molar-refractivity contribution in [2.45, 2.75) is 26.8 Å². The number of carbonyl (C=O) groups excluding carboxylic acids is 2. The third kappa shape index (κ3) is 7.03. The van der Waals surface area contributed by atoms with Gasteiger partial charge in [-0.1, -0.05) is 11.6 Å². The number of nitrogens with two attached hydrogens (primary N) is 1. The molecule has 1 aromatic heterocycles. The van der Waals surface area contributed by atoms with Gasteiger partial charge in [0, 0.05) is 40.4 Å². The zero-order valence-corrected chi connectivity index (χ0v) is 21.1. The largest absolute Gasteiger partial charge is 0.457 e. The Morgan fingerprint density at radius 2 is 2.00 bits per heavy atom. The molecule has 2 aromatic carbocycles. The highest BCUT2D eigenvalue weighted by molar-refractivity contribution is 8.17. The Hall–Kier alpha value is -3.47. The molecule has 0 aliphatic carbocycles. The first-order valence-electron chi connectivity index (χ1n) is 10.8. The van der Waals surface area contributed by atoms with Gasteiger partial charge in [-0.3, -0.25) is 9.59 Å². The summed E-state index contributed by atoms with van der Waals surface area (Å²) in [5.41, 5.74) is 7.13. The fourth-order valence-corrected chi connectivity index (χ4v) is 4.29. The summed E-state index contributed by atoms with van der Waals surface area (Å²) in [6.45, 7) is 3.21. The summed E-state index contributed by atoms with van der Waals surface area (Å²) in [6.07, 6.45) is 2.27. The number of rotatable bonds is 10. The number of aliphatic hydroxyl groups is 1. The number of benzene rings is 2. The Bertz CT molecular complexity index is 1290. The van der Waals surface area contributed by atoms with E-state index in [2.05, 4.69) is 9.97 Å². The van der Waals surface area contributed by atoms with E-state index in [1.165, 1.54) is 41.4 Å². The van der Waals surface area contributed by atoms with Crippen LogP contribution >= 0.6 is 23.4 Å². The van der Waals surface area contributed by atoms with Crippen molar-refractivity contribution in [1.82, 2.24) is 14.9 Å². The van der Waals surface area contributed by atoms with E-state index in [1.54, 1.807) is 26.0 Å². The minimum absolute atomic E-state index is 0.0845. The van der Waals surface area contributed by atoms with Crippen LogP contribution < -0.4 is 10.5 Å². The van der Waals surface area contributed by atoms with Gasteiger partial charge in [-0.2, -0.15) is 0 Å². The summed E-state index contributed by atoms with van der Waals surface area (Å²) >= 11 is 6.98. The first-order valence-corrected chi connectivity index (χ1v) is 12.0. The van der Waals surface area contributed by atoms with Gasteiger partial charge >= 0.3 is 0 Å². The maximum absolute atomic E-state index is 13.3. The van der Waals surface area contributed by atoms with Crippen LogP contribution in [0.15, 0.2) is 59.3 Å². The summed E-state index contributed by atoms with van der Waals surface area (Å²) in [5.74, 6) is 0.893. The van der Waals surface area contributed by atoms with Crippen LogP contribution in [0.2, 0.25) is 5.02 Å². The molecule has 0 radical (unpaired) electrons. The molecule has 3 aromatic rings. The van der Waals surface area contributed by atoms with Crippen LogP contribution in [0.25, 0.3) is 0 Å². The number of hydrogen-bond acceptors (Lipinski definition) is 8. The van der Waals surface area contributed by atoms with E-state index >= 15 is 0 Å². The molecule has 0 unspecified atom stereocenters. The first-order chi connectivity index (χ1) is 17.2. The average Bonchev–Trinajstić information content (AvgIpc) is 2.85. The van der Waals surface area contributed by atoms with Gasteiger partial charge in [0.05, 0.1) is 12.1 Å². The summed E-state index contributed by atoms with van der Waals surface area (Å²) in [7, 11) is 0. The monoisotopic (exact) mass is 530 g/mol. The second kappa shape index (κ2) is 12.5. The molecule has 11 heteroatoms. The van der Waals surface area contributed by atoms with Crippen molar-refractivity contribution in [1.29, 1.82) is 0 Å². The molecule has 0 saturated heterocycles. The fourth-order valence-electron chi connectivity index (χ4n) is 3.17. The smallest absolute Gasteiger partial charge is 0.227 e. The molecule has 0 aliphatic rings. The van der Waals surface area contributed by atoms with Gasteiger partial charge < -0.3 is 20.5 Å². The van der Waals surface area contributed by atoms with E-state index in [1.807, 2.05) is 0 Å². The maximum Gasteiger partial charge on any atom is 0.227 e. The van der Waals surface area contributed by atoms with E-state index in [4.69, 9.17) is 22.1 Å². The number of ether oxygens (including phenoxy) is 1. The van der Waals surface area contributed by atoms with Gasteiger partial charge in [0.2, 0.25) is 11.5 Å². The molecule has 0 saturated carbocycles. The number of allylic oxidation sites excluding steroid dienone is 1. The number of amides is 1. The quantitative estimate of drug-likeness (QED) is 0.348. The fraction of sp³-hybridized carbons (Fsp3) is 0.200. The number of nitrogen functional groups attached to an aromatic ring is 1. The first kappa shape index (κ1) is 27.1. The van der Waals surface area contributed by atoms with E-state index in [0.29, 0.717) is 39.2 Å². The van der Waals surface area contributed by atoms with Crippen LogP contribution in [0.3, 0.4) is 0 Å². The minimum Gasteiger partial charge on any atom is -0.457 e. The highest BCUT2D eigenvalue weighted by atomic mass is 35.5. The lowest BCUT2D eigenvalue weighted by Gasteiger charge is -2.22. The van der Waals surface area contributed by atoms with Gasteiger partial charge in [0.25, 0.3) is 0 Å². The Kier molecular flexibility index (Phi) is 9.40. The number of halogens is 2. The predicted octanol–water partition coefficient (Wildman–Crippen LogP) is 5.10. The molecular weight excluding hydrogens is 507 g/mol. The Labute approximate surface area is 217 Å². The van der Waals surface area contributed by atoms with Crippen molar-refractivity contribution in [2.75, 3.05) is 12.3 Å². The molecular formula is C25H24ClFN4O4S. The van der Waals surface area contributed by atoms with Gasteiger partial charge in [-0.15, -0.1) is 0 Å². The highest BCUT2D eigenvalue weighted by Gasteiger charge is 2.20. The molecule has 3 N–H and O–H groups in total. The van der Waals surface area contributed by atoms with Gasteiger partial charge in [-0.05, 0) is 68.1 Å². The molecule has 3 rings (SSSR count). The number of carbonyl (C=O) groups is 2. The van der Waals surface area contributed by atoms with E-state index in [0.717, 1.165) is 11.8 Å². The summed E-state index contributed by atoms with van der Waals surface area (Å²) in [6, 6.07) is 9.94. The molecule has 0 spiro atoms. The molecule has 0 bridgehead atoms. The van der Waals surface area contributed by atoms with E-state index < -0.39 is 10.9 Å². The maximum atomic E-state index is 13.3. The predicted molar refractivity (Wildman–Crippen MR) is 137 cm³/mol. The van der Waals surface area contributed by atoms with Crippen molar-refractivity contribution in [2.24, 2.45) is 0 Å². The molecule has 188 valence electrons. The molecule has 8 nitrogen and oxygen atoms in total. The Morgan fingerprint density at radius 3 is 2.64 bits per heavy atom. The van der Waals surface area contributed by atoms with Crippen LogP contribution in [-0.2, 0) is 11.3 Å². The number of aliphatic hydroxyl groups excluding tert-OH is 1. The highest BCUT2D eigenvalue weighted by Crippen LogP contribution is 2.35. The number of nitrogens with zero attached hydrogens (tertiary/aromatic N) is 3. The van der Waals surface area contributed by atoms with E-state index in [9.17, 15) is 19.1 Å². The SMILES string of the molecule is CC(=C(CCO)SC(=O)c1cc(Cl)ccc1Oc1ccc(F)cc1)N(C=O)Cc1cnc(C)nc1N.